The van der Waals surface area contributed by atoms with E-state index in [9.17, 15) is 4.79 Å². The van der Waals surface area contributed by atoms with E-state index in [2.05, 4.69) is 10.4 Å². The van der Waals surface area contributed by atoms with Crippen molar-refractivity contribution in [1.29, 1.82) is 0 Å². The first-order valence-corrected chi connectivity index (χ1v) is 6.09. The average molecular weight is 275 g/mol. The van der Waals surface area contributed by atoms with Crippen LogP contribution in [0.25, 0.3) is 0 Å². The van der Waals surface area contributed by atoms with Crippen molar-refractivity contribution in [2.75, 3.05) is 19.5 Å². The van der Waals surface area contributed by atoms with Crippen LogP contribution in [0.4, 0.5) is 5.69 Å². The smallest absolute Gasteiger partial charge is 0.263 e. The van der Waals surface area contributed by atoms with Gasteiger partial charge in [0.25, 0.3) is 5.91 Å². The number of ether oxygens (including phenoxy) is 2. The normalized spacial score (nSPS) is 10.2. The second kappa shape index (κ2) is 5.64. The van der Waals surface area contributed by atoms with Crippen LogP contribution in [0.3, 0.4) is 0 Å². The molecule has 0 aliphatic heterocycles. The van der Waals surface area contributed by atoms with E-state index in [1.165, 1.54) is 14.2 Å². The zero-order chi connectivity index (χ0) is 14.7. The van der Waals surface area contributed by atoms with Crippen LogP contribution in [-0.4, -0.2) is 29.9 Å². The Morgan fingerprint density at radius 3 is 2.30 bits per heavy atom. The van der Waals surface area contributed by atoms with E-state index in [4.69, 9.17) is 9.47 Å². The molecule has 20 heavy (non-hydrogen) atoms. The number of nitrogens with one attached hydrogen (secondary N) is 1. The topological polar surface area (TPSA) is 65.4 Å². The Labute approximate surface area is 117 Å². The molecule has 2 rings (SSSR count). The fourth-order valence-corrected chi connectivity index (χ4v) is 1.88. The van der Waals surface area contributed by atoms with Gasteiger partial charge in [0.15, 0.2) is 0 Å². The van der Waals surface area contributed by atoms with Crippen molar-refractivity contribution in [3.8, 4) is 11.5 Å². The predicted octanol–water partition coefficient (Wildman–Crippen LogP) is 2.00. The summed E-state index contributed by atoms with van der Waals surface area (Å²) in [6.07, 6.45) is 1.61. The SMILES string of the molecule is COc1cccc(OC)c1C(=O)Nc1cnn(C)c1C. The third-order valence-corrected chi connectivity index (χ3v) is 3.14. The Hall–Kier alpha value is -2.50. The van der Waals surface area contributed by atoms with Gasteiger partial charge in [0, 0.05) is 7.05 Å². The molecule has 1 N–H and O–H groups in total. The molecule has 1 amide bonds. The van der Waals surface area contributed by atoms with E-state index in [0.717, 1.165) is 5.69 Å². The first-order valence-electron chi connectivity index (χ1n) is 6.09. The van der Waals surface area contributed by atoms with E-state index < -0.39 is 0 Å². The molecule has 1 heterocycles. The van der Waals surface area contributed by atoms with Gasteiger partial charge in [-0.2, -0.15) is 5.10 Å². The Morgan fingerprint density at radius 2 is 1.85 bits per heavy atom. The zero-order valence-corrected chi connectivity index (χ0v) is 11.9. The van der Waals surface area contributed by atoms with Gasteiger partial charge in [-0.1, -0.05) is 6.07 Å². The number of aryl methyl sites for hydroxylation is 1. The van der Waals surface area contributed by atoms with Crippen LogP contribution in [0.1, 0.15) is 16.1 Å². The molecule has 106 valence electrons. The summed E-state index contributed by atoms with van der Waals surface area (Å²) in [4.78, 5) is 12.4. The van der Waals surface area contributed by atoms with E-state index in [-0.39, 0.29) is 5.91 Å². The monoisotopic (exact) mass is 275 g/mol. The fourth-order valence-electron chi connectivity index (χ4n) is 1.88. The maximum absolute atomic E-state index is 12.4. The molecule has 0 saturated heterocycles. The number of methoxy groups -OCH3 is 2. The van der Waals surface area contributed by atoms with Crippen LogP contribution in [0.2, 0.25) is 0 Å². The number of carbonyl (C=O) groups is 1. The summed E-state index contributed by atoms with van der Waals surface area (Å²) in [6, 6.07) is 5.20. The van der Waals surface area contributed by atoms with Gasteiger partial charge in [0.2, 0.25) is 0 Å². The van der Waals surface area contributed by atoms with Gasteiger partial charge in [0.1, 0.15) is 17.1 Å². The minimum atomic E-state index is -0.296. The number of rotatable bonds is 4. The minimum Gasteiger partial charge on any atom is -0.496 e. The Balaban J connectivity index is 2.36. The maximum atomic E-state index is 12.4. The molecule has 1 aromatic heterocycles. The number of amides is 1. The summed E-state index contributed by atoms with van der Waals surface area (Å²) in [5.41, 5.74) is 1.89. The number of anilines is 1. The molecule has 0 aliphatic carbocycles. The van der Waals surface area contributed by atoms with Crippen LogP contribution in [0, 0.1) is 6.92 Å². The first-order chi connectivity index (χ1) is 9.58. The largest absolute Gasteiger partial charge is 0.496 e. The first kappa shape index (κ1) is 13.9. The Kier molecular flexibility index (Phi) is 3.93. The van der Waals surface area contributed by atoms with Crippen molar-refractivity contribution in [1.82, 2.24) is 9.78 Å². The molecule has 0 atom stereocenters. The van der Waals surface area contributed by atoms with Gasteiger partial charge in [-0.25, -0.2) is 0 Å². The van der Waals surface area contributed by atoms with Gasteiger partial charge in [0.05, 0.1) is 31.8 Å². The molecule has 0 fully saturated rings. The van der Waals surface area contributed by atoms with Crippen LogP contribution in [-0.2, 0) is 7.05 Å². The van der Waals surface area contributed by atoms with E-state index >= 15 is 0 Å². The quantitative estimate of drug-likeness (QED) is 0.926. The lowest BCUT2D eigenvalue weighted by molar-refractivity contribution is 0.102. The standard InChI is InChI=1S/C14H17N3O3/c1-9-10(8-15-17(9)2)16-14(18)13-11(19-3)6-5-7-12(13)20-4/h5-8H,1-4H3,(H,16,18). The van der Waals surface area contributed by atoms with E-state index in [0.29, 0.717) is 22.7 Å². The lowest BCUT2D eigenvalue weighted by atomic mass is 10.1. The summed E-state index contributed by atoms with van der Waals surface area (Å²) >= 11 is 0. The number of carbonyl (C=O) groups excluding carboxylic acids is 1. The van der Waals surface area contributed by atoms with Crippen molar-refractivity contribution in [3.63, 3.8) is 0 Å². The molecular formula is C14H17N3O3. The third-order valence-electron chi connectivity index (χ3n) is 3.14. The summed E-state index contributed by atoms with van der Waals surface area (Å²) in [5, 5.41) is 6.90. The van der Waals surface area contributed by atoms with E-state index in [1.54, 1.807) is 29.1 Å². The summed E-state index contributed by atoms with van der Waals surface area (Å²) in [7, 11) is 4.84. The Morgan fingerprint density at radius 1 is 1.25 bits per heavy atom. The molecule has 1 aromatic carbocycles. The second-order valence-electron chi connectivity index (χ2n) is 4.26. The molecule has 0 unspecified atom stereocenters. The molecule has 6 nitrogen and oxygen atoms in total. The minimum absolute atomic E-state index is 0.296. The zero-order valence-electron chi connectivity index (χ0n) is 11.9. The van der Waals surface area contributed by atoms with E-state index in [1.807, 2.05) is 14.0 Å². The van der Waals surface area contributed by atoms with Crippen molar-refractivity contribution < 1.29 is 14.3 Å². The van der Waals surface area contributed by atoms with Crippen molar-refractivity contribution in [2.24, 2.45) is 7.05 Å². The number of hydrogen-bond donors (Lipinski definition) is 1. The molecule has 2 aromatic rings. The van der Waals surface area contributed by atoms with Gasteiger partial charge >= 0.3 is 0 Å². The van der Waals surface area contributed by atoms with Crippen LogP contribution in [0.15, 0.2) is 24.4 Å². The summed E-state index contributed by atoms with van der Waals surface area (Å²) in [6.45, 7) is 1.88. The van der Waals surface area contributed by atoms with Crippen molar-refractivity contribution in [2.45, 2.75) is 6.92 Å². The molecule has 0 saturated carbocycles. The fraction of sp³-hybridized carbons (Fsp3) is 0.286. The number of nitrogens with zero attached hydrogens (tertiary/aromatic N) is 2. The highest BCUT2D eigenvalue weighted by Gasteiger charge is 2.19. The average Bonchev–Trinajstić information content (AvgIpc) is 2.78. The lowest BCUT2D eigenvalue weighted by Gasteiger charge is -2.12. The number of benzene rings is 1. The molecular weight excluding hydrogens is 258 g/mol. The summed E-state index contributed by atoms with van der Waals surface area (Å²) < 4.78 is 12.1. The number of hydrogen-bond acceptors (Lipinski definition) is 4. The van der Waals surface area contributed by atoms with Gasteiger partial charge in [-0.05, 0) is 19.1 Å². The van der Waals surface area contributed by atoms with Crippen LogP contribution >= 0.6 is 0 Å². The van der Waals surface area contributed by atoms with Crippen LogP contribution < -0.4 is 14.8 Å². The maximum Gasteiger partial charge on any atom is 0.263 e. The molecule has 0 bridgehead atoms. The lowest BCUT2D eigenvalue weighted by Crippen LogP contribution is -2.15. The molecule has 6 heteroatoms. The van der Waals surface area contributed by atoms with Gasteiger partial charge < -0.3 is 14.8 Å². The van der Waals surface area contributed by atoms with Gasteiger partial charge in [-0.3, -0.25) is 9.48 Å². The highest BCUT2D eigenvalue weighted by molar-refractivity contribution is 6.08. The highest BCUT2D eigenvalue weighted by atomic mass is 16.5. The highest BCUT2D eigenvalue weighted by Crippen LogP contribution is 2.29. The van der Waals surface area contributed by atoms with Crippen LogP contribution in [0.5, 0.6) is 11.5 Å². The summed E-state index contributed by atoms with van der Waals surface area (Å²) in [5.74, 6) is 0.627. The van der Waals surface area contributed by atoms with Crippen molar-refractivity contribution >= 4 is 11.6 Å². The number of aromatic nitrogens is 2. The third kappa shape index (κ3) is 2.45. The van der Waals surface area contributed by atoms with Crippen molar-refractivity contribution in [3.05, 3.63) is 35.7 Å². The second-order valence-corrected chi connectivity index (χ2v) is 4.26. The van der Waals surface area contributed by atoms with Gasteiger partial charge in [-0.15, -0.1) is 0 Å². The Bertz CT molecular complexity index is 612. The molecule has 0 spiro atoms. The predicted molar refractivity (Wildman–Crippen MR) is 75.4 cm³/mol. The molecule has 0 aliphatic rings. The molecule has 0 radical (unpaired) electrons.